The van der Waals surface area contributed by atoms with E-state index in [1.165, 1.54) is 11.3 Å². The van der Waals surface area contributed by atoms with E-state index in [0.29, 0.717) is 11.7 Å². The number of aryl methyl sites for hydroxylation is 1. The number of fused-ring (bicyclic) bond motifs is 3. The molecule has 0 saturated carbocycles. The van der Waals surface area contributed by atoms with Crippen LogP contribution in [-0.4, -0.2) is 16.0 Å². The van der Waals surface area contributed by atoms with Crippen LogP contribution in [0.15, 0.2) is 42.5 Å². The smallest absolute Gasteiger partial charge is 0.321 e. The van der Waals surface area contributed by atoms with Crippen molar-refractivity contribution in [3.63, 3.8) is 0 Å². The molecule has 0 bridgehead atoms. The maximum absolute atomic E-state index is 12.1. The normalized spacial score (nSPS) is 11.0. The van der Waals surface area contributed by atoms with Crippen molar-refractivity contribution < 1.29 is 4.79 Å². The van der Waals surface area contributed by atoms with Crippen molar-refractivity contribution in [1.29, 1.82) is 0 Å². The average Bonchev–Trinajstić information content (AvgIpc) is 3.15. The van der Waals surface area contributed by atoms with E-state index in [9.17, 15) is 4.79 Å². The summed E-state index contributed by atoms with van der Waals surface area (Å²) in [6.45, 7) is 2.47. The third kappa shape index (κ3) is 2.95. The standard InChI is InChI=1S/C17H14N4OS2/c1-10-19-14-13(23-10)8-7-12-15(14)24-17(20-12)21-16(22)18-9-11-5-3-2-4-6-11/h2-8H,9H2,1H3,(H2,18,20,21,22). The van der Waals surface area contributed by atoms with Gasteiger partial charge in [-0.15, -0.1) is 11.3 Å². The number of urea groups is 1. The van der Waals surface area contributed by atoms with Crippen molar-refractivity contribution in [3.05, 3.63) is 53.0 Å². The molecule has 24 heavy (non-hydrogen) atoms. The molecule has 5 nitrogen and oxygen atoms in total. The number of hydrogen-bond donors (Lipinski definition) is 2. The van der Waals surface area contributed by atoms with Crippen LogP contribution in [0.25, 0.3) is 20.4 Å². The molecule has 0 saturated heterocycles. The minimum absolute atomic E-state index is 0.261. The maximum Gasteiger partial charge on any atom is 0.321 e. The largest absolute Gasteiger partial charge is 0.334 e. The number of hydrogen-bond acceptors (Lipinski definition) is 5. The summed E-state index contributed by atoms with van der Waals surface area (Å²) in [4.78, 5) is 21.1. The molecule has 2 heterocycles. The third-order valence-corrected chi connectivity index (χ3v) is 5.47. The molecule has 2 amide bonds. The minimum atomic E-state index is -0.261. The highest BCUT2D eigenvalue weighted by Gasteiger charge is 2.12. The van der Waals surface area contributed by atoms with Crippen molar-refractivity contribution in [2.75, 3.05) is 5.32 Å². The molecule has 7 heteroatoms. The first-order valence-electron chi connectivity index (χ1n) is 7.44. The van der Waals surface area contributed by atoms with Crippen LogP contribution in [0, 0.1) is 6.92 Å². The number of amides is 2. The number of rotatable bonds is 3. The molecule has 2 aromatic heterocycles. The number of anilines is 1. The van der Waals surface area contributed by atoms with E-state index in [4.69, 9.17) is 0 Å². The summed E-state index contributed by atoms with van der Waals surface area (Å²) in [7, 11) is 0. The van der Waals surface area contributed by atoms with E-state index in [0.717, 1.165) is 31.0 Å². The van der Waals surface area contributed by atoms with Crippen LogP contribution in [0.3, 0.4) is 0 Å². The Labute approximate surface area is 146 Å². The molecule has 0 spiro atoms. The van der Waals surface area contributed by atoms with Gasteiger partial charge in [0.2, 0.25) is 0 Å². The van der Waals surface area contributed by atoms with Gasteiger partial charge >= 0.3 is 6.03 Å². The predicted octanol–water partition coefficient (Wildman–Crippen LogP) is 4.54. The topological polar surface area (TPSA) is 66.9 Å². The third-order valence-electron chi connectivity index (χ3n) is 3.54. The zero-order valence-electron chi connectivity index (χ0n) is 12.9. The summed E-state index contributed by atoms with van der Waals surface area (Å²) in [5.41, 5.74) is 2.87. The quantitative estimate of drug-likeness (QED) is 0.568. The molecule has 2 N–H and O–H groups in total. The van der Waals surface area contributed by atoms with E-state index < -0.39 is 0 Å². The number of aromatic nitrogens is 2. The molecule has 4 rings (SSSR count). The summed E-state index contributed by atoms with van der Waals surface area (Å²) in [5, 5.41) is 7.25. The van der Waals surface area contributed by atoms with Gasteiger partial charge in [-0.1, -0.05) is 41.7 Å². The molecule has 0 radical (unpaired) electrons. The van der Waals surface area contributed by atoms with Gasteiger partial charge in [0.1, 0.15) is 5.52 Å². The van der Waals surface area contributed by atoms with Gasteiger partial charge in [-0.2, -0.15) is 0 Å². The Morgan fingerprint density at radius 3 is 2.75 bits per heavy atom. The monoisotopic (exact) mass is 354 g/mol. The molecule has 0 aliphatic rings. The predicted molar refractivity (Wildman–Crippen MR) is 99.8 cm³/mol. The second kappa shape index (κ2) is 6.18. The van der Waals surface area contributed by atoms with Gasteiger partial charge in [-0.05, 0) is 24.6 Å². The van der Waals surface area contributed by atoms with Gasteiger partial charge in [-0.3, -0.25) is 5.32 Å². The summed E-state index contributed by atoms with van der Waals surface area (Å²) in [5.74, 6) is 0. The van der Waals surface area contributed by atoms with Gasteiger partial charge in [0.15, 0.2) is 5.13 Å². The summed E-state index contributed by atoms with van der Waals surface area (Å²) in [6, 6.07) is 13.5. The molecule has 2 aromatic carbocycles. The van der Waals surface area contributed by atoms with Crippen LogP contribution in [0.2, 0.25) is 0 Å². The van der Waals surface area contributed by atoms with Crippen molar-refractivity contribution >= 4 is 54.3 Å². The van der Waals surface area contributed by atoms with Crippen molar-refractivity contribution in [2.24, 2.45) is 0 Å². The molecular formula is C17H14N4OS2. The Bertz CT molecular complexity index is 1020. The van der Waals surface area contributed by atoms with Crippen LogP contribution in [0.1, 0.15) is 10.6 Å². The second-order valence-corrected chi connectivity index (χ2v) is 7.54. The maximum atomic E-state index is 12.1. The highest BCUT2D eigenvalue weighted by molar-refractivity contribution is 7.24. The number of thiazole rings is 2. The van der Waals surface area contributed by atoms with Crippen molar-refractivity contribution in [1.82, 2.24) is 15.3 Å². The van der Waals surface area contributed by atoms with E-state index in [-0.39, 0.29) is 6.03 Å². The Kier molecular flexibility index (Phi) is 3.87. The van der Waals surface area contributed by atoms with Crippen LogP contribution < -0.4 is 10.6 Å². The fraction of sp³-hybridized carbons (Fsp3) is 0.118. The molecule has 0 unspecified atom stereocenters. The SMILES string of the molecule is Cc1nc2c(ccc3nc(NC(=O)NCc4ccccc4)sc32)s1. The zero-order valence-corrected chi connectivity index (χ0v) is 14.5. The van der Waals surface area contributed by atoms with E-state index in [2.05, 4.69) is 20.6 Å². The van der Waals surface area contributed by atoms with E-state index in [1.54, 1.807) is 11.3 Å². The molecule has 4 aromatic rings. The lowest BCUT2D eigenvalue weighted by Gasteiger charge is -2.04. The van der Waals surface area contributed by atoms with Gasteiger partial charge < -0.3 is 5.32 Å². The van der Waals surface area contributed by atoms with Gasteiger partial charge in [0, 0.05) is 6.54 Å². The number of nitrogens with one attached hydrogen (secondary N) is 2. The highest BCUT2D eigenvalue weighted by Crippen LogP contribution is 2.34. The number of nitrogens with zero attached hydrogens (tertiary/aromatic N) is 2. The molecule has 0 atom stereocenters. The Morgan fingerprint density at radius 1 is 1.08 bits per heavy atom. The number of carbonyl (C=O) groups excluding carboxylic acids is 1. The molecule has 0 aliphatic heterocycles. The van der Waals surface area contributed by atoms with Crippen molar-refractivity contribution in [3.8, 4) is 0 Å². The lowest BCUT2D eigenvalue weighted by molar-refractivity contribution is 0.251. The van der Waals surface area contributed by atoms with Gasteiger partial charge in [0.25, 0.3) is 0 Å². The first kappa shape index (κ1) is 15.0. The first-order valence-corrected chi connectivity index (χ1v) is 9.08. The lowest BCUT2D eigenvalue weighted by Crippen LogP contribution is -2.28. The minimum Gasteiger partial charge on any atom is -0.334 e. The molecule has 0 aliphatic carbocycles. The van der Waals surface area contributed by atoms with E-state index >= 15 is 0 Å². The van der Waals surface area contributed by atoms with Crippen molar-refractivity contribution in [2.45, 2.75) is 13.5 Å². The number of benzene rings is 2. The first-order chi connectivity index (χ1) is 11.7. The summed E-state index contributed by atoms with van der Waals surface area (Å²) in [6.07, 6.45) is 0. The Balaban J connectivity index is 1.52. The summed E-state index contributed by atoms with van der Waals surface area (Å²) >= 11 is 3.12. The molecular weight excluding hydrogens is 340 g/mol. The zero-order chi connectivity index (χ0) is 16.5. The van der Waals surface area contributed by atoms with Crippen LogP contribution in [0.4, 0.5) is 9.93 Å². The van der Waals surface area contributed by atoms with E-state index in [1.807, 2.05) is 49.4 Å². The lowest BCUT2D eigenvalue weighted by atomic mass is 10.2. The van der Waals surface area contributed by atoms with Crippen LogP contribution in [0.5, 0.6) is 0 Å². The van der Waals surface area contributed by atoms with Gasteiger partial charge in [-0.25, -0.2) is 14.8 Å². The number of carbonyl (C=O) groups is 1. The molecule has 0 fully saturated rings. The fourth-order valence-electron chi connectivity index (χ4n) is 2.46. The summed E-state index contributed by atoms with van der Waals surface area (Å²) < 4.78 is 2.15. The fourth-order valence-corrected chi connectivity index (χ4v) is 4.31. The second-order valence-electron chi connectivity index (χ2n) is 5.31. The van der Waals surface area contributed by atoms with Crippen LogP contribution in [-0.2, 0) is 6.54 Å². The highest BCUT2D eigenvalue weighted by atomic mass is 32.1. The molecule has 120 valence electrons. The average molecular weight is 354 g/mol. The Hall–Kier alpha value is -2.51. The Morgan fingerprint density at radius 2 is 1.92 bits per heavy atom. The van der Waals surface area contributed by atoms with Crippen LogP contribution >= 0.6 is 22.7 Å². The van der Waals surface area contributed by atoms with Gasteiger partial charge in [0.05, 0.1) is 19.9 Å².